The van der Waals surface area contributed by atoms with Gasteiger partial charge >= 0.3 is 0 Å². The maximum absolute atomic E-state index is 4.37. The van der Waals surface area contributed by atoms with Gasteiger partial charge in [-0.3, -0.25) is 0 Å². The summed E-state index contributed by atoms with van der Waals surface area (Å²) in [5, 5.41) is 0. The summed E-state index contributed by atoms with van der Waals surface area (Å²) >= 11 is 0. The lowest BCUT2D eigenvalue weighted by atomic mass is 10.2. The smallest absolute Gasteiger partial charge is 0.229 e. The summed E-state index contributed by atoms with van der Waals surface area (Å²) in [6.07, 6.45) is 6.26. The number of anilines is 2. The first-order chi connectivity index (χ1) is 9.83. The Morgan fingerprint density at radius 3 is 2.20 bits per heavy atom. The molecule has 2 aromatic rings. The van der Waals surface area contributed by atoms with E-state index in [2.05, 4.69) is 46.1 Å². The van der Waals surface area contributed by atoms with Crippen molar-refractivity contribution in [1.82, 2.24) is 9.97 Å². The summed E-state index contributed by atoms with van der Waals surface area (Å²) < 4.78 is 0. The largest absolute Gasteiger partial charge is 0.310 e. The summed E-state index contributed by atoms with van der Waals surface area (Å²) in [7, 11) is 0. The molecule has 1 heterocycles. The Balaban J connectivity index is 0.000000704. The molecule has 0 bridgehead atoms. The SMILES string of the molecule is CC.Cc1ccc(N(CC2CC2)c2ncccn2)cc1. The number of aromatic nitrogens is 2. The lowest BCUT2D eigenvalue weighted by Crippen LogP contribution is -2.21. The molecule has 0 unspecified atom stereocenters. The number of benzene rings is 1. The second-order valence-corrected chi connectivity index (χ2v) is 4.94. The predicted octanol–water partition coefficient (Wildman–Crippen LogP) is 4.36. The van der Waals surface area contributed by atoms with Crippen LogP contribution in [0.1, 0.15) is 32.3 Å². The number of hydrogen-bond acceptors (Lipinski definition) is 3. The Kier molecular flexibility index (Phi) is 5.10. The second kappa shape index (κ2) is 7.04. The van der Waals surface area contributed by atoms with Gasteiger partial charge in [0.25, 0.3) is 0 Å². The number of rotatable bonds is 4. The predicted molar refractivity (Wildman–Crippen MR) is 84.3 cm³/mol. The van der Waals surface area contributed by atoms with Crippen molar-refractivity contribution in [2.45, 2.75) is 33.6 Å². The molecule has 1 aliphatic carbocycles. The van der Waals surface area contributed by atoms with Crippen molar-refractivity contribution in [3.63, 3.8) is 0 Å². The number of aryl methyl sites for hydroxylation is 1. The van der Waals surface area contributed by atoms with Crippen LogP contribution in [0.5, 0.6) is 0 Å². The highest BCUT2D eigenvalue weighted by molar-refractivity contribution is 5.57. The summed E-state index contributed by atoms with van der Waals surface area (Å²) in [6.45, 7) is 7.13. The van der Waals surface area contributed by atoms with E-state index in [1.54, 1.807) is 12.4 Å². The average molecular weight is 269 g/mol. The van der Waals surface area contributed by atoms with Crippen molar-refractivity contribution < 1.29 is 0 Å². The second-order valence-electron chi connectivity index (χ2n) is 4.94. The van der Waals surface area contributed by atoms with Gasteiger partial charge in [-0.25, -0.2) is 9.97 Å². The van der Waals surface area contributed by atoms with Gasteiger partial charge in [0.2, 0.25) is 5.95 Å². The highest BCUT2D eigenvalue weighted by Crippen LogP contribution is 2.33. The molecule has 3 heteroatoms. The fourth-order valence-corrected chi connectivity index (χ4v) is 2.02. The third kappa shape index (κ3) is 3.80. The molecule has 1 aliphatic rings. The molecule has 3 rings (SSSR count). The Morgan fingerprint density at radius 2 is 1.65 bits per heavy atom. The maximum atomic E-state index is 4.37. The molecule has 0 aliphatic heterocycles. The van der Waals surface area contributed by atoms with Gasteiger partial charge in [0.1, 0.15) is 0 Å². The van der Waals surface area contributed by atoms with E-state index in [0.717, 1.165) is 18.4 Å². The van der Waals surface area contributed by atoms with Crippen LogP contribution in [-0.2, 0) is 0 Å². The van der Waals surface area contributed by atoms with E-state index in [-0.39, 0.29) is 0 Å². The molecule has 0 spiro atoms. The van der Waals surface area contributed by atoms with Crippen LogP contribution in [0.25, 0.3) is 0 Å². The third-order valence-corrected chi connectivity index (χ3v) is 3.28. The molecule has 1 aromatic heterocycles. The lowest BCUT2D eigenvalue weighted by Gasteiger charge is -2.22. The molecule has 0 atom stereocenters. The zero-order valence-electron chi connectivity index (χ0n) is 12.6. The van der Waals surface area contributed by atoms with Crippen LogP contribution in [-0.4, -0.2) is 16.5 Å². The minimum atomic E-state index is 0.799. The van der Waals surface area contributed by atoms with Crippen molar-refractivity contribution in [3.8, 4) is 0 Å². The van der Waals surface area contributed by atoms with Gasteiger partial charge in [0.05, 0.1) is 0 Å². The zero-order chi connectivity index (χ0) is 14.4. The molecule has 106 valence electrons. The van der Waals surface area contributed by atoms with Gasteiger partial charge in [0.15, 0.2) is 0 Å². The van der Waals surface area contributed by atoms with E-state index in [9.17, 15) is 0 Å². The summed E-state index contributed by atoms with van der Waals surface area (Å²) in [6, 6.07) is 10.4. The van der Waals surface area contributed by atoms with Crippen LogP contribution in [0, 0.1) is 12.8 Å². The van der Waals surface area contributed by atoms with Crippen LogP contribution < -0.4 is 4.90 Å². The highest BCUT2D eigenvalue weighted by Gasteiger charge is 2.26. The summed E-state index contributed by atoms with van der Waals surface area (Å²) in [4.78, 5) is 11.0. The molecule has 0 N–H and O–H groups in total. The van der Waals surface area contributed by atoms with E-state index in [0.29, 0.717) is 0 Å². The van der Waals surface area contributed by atoms with Crippen LogP contribution in [0.4, 0.5) is 11.6 Å². The van der Waals surface area contributed by atoms with E-state index in [1.165, 1.54) is 24.1 Å². The highest BCUT2D eigenvalue weighted by atomic mass is 15.3. The molecule has 0 saturated heterocycles. The minimum Gasteiger partial charge on any atom is -0.310 e. The molecule has 3 nitrogen and oxygen atoms in total. The Morgan fingerprint density at radius 1 is 1.05 bits per heavy atom. The molecule has 0 amide bonds. The molecule has 0 radical (unpaired) electrons. The first-order valence-corrected chi connectivity index (χ1v) is 7.44. The van der Waals surface area contributed by atoms with Crippen LogP contribution in [0.3, 0.4) is 0 Å². The van der Waals surface area contributed by atoms with Gasteiger partial charge < -0.3 is 4.90 Å². The molecular formula is C17H23N3. The normalized spacial score (nSPS) is 13.3. The van der Waals surface area contributed by atoms with E-state index >= 15 is 0 Å². The summed E-state index contributed by atoms with van der Waals surface area (Å²) in [5.41, 5.74) is 2.46. The Hall–Kier alpha value is -1.90. The standard InChI is InChI=1S/C15H17N3.C2H6/c1-12-3-7-14(8-4-12)18(11-13-5-6-13)15-16-9-2-10-17-15;1-2/h2-4,7-10,13H,5-6,11H2,1H3;1-2H3. The van der Waals surface area contributed by atoms with E-state index in [4.69, 9.17) is 0 Å². The summed E-state index contributed by atoms with van der Waals surface area (Å²) in [5.74, 6) is 1.60. The fraction of sp³-hybridized carbons (Fsp3) is 0.412. The zero-order valence-corrected chi connectivity index (χ0v) is 12.6. The molecule has 20 heavy (non-hydrogen) atoms. The van der Waals surface area contributed by atoms with E-state index < -0.39 is 0 Å². The average Bonchev–Trinajstić information content (AvgIpc) is 3.33. The van der Waals surface area contributed by atoms with Crippen molar-refractivity contribution in [3.05, 3.63) is 48.3 Å². The van der Waals surface area contributed by atoms with Crippen molar-refractivity contribution in [2.75, 3.05) is 11.4 Å². The topological polar surface area (TPSA) is 29.0 Å². The molecular weight excluding hydrogens is 246 g/mol. The van der Waals surface area contributed by atoms with Crippen LogP contribution >= 0.6 is 0 Å². The van der Waals surface area contributed by atoms with Crippen molar-refractivity contribution >= 4 is 11.6 Å². The van der Waals surface area contributed by atoms with Crippen molar-refractivity contribution in [2.24, 2.45) is 5.92 Å². The van der Waals surface area contributed by atoms with Crippen LogP contribution in [0.15, 0.2) is 42.7 Å². The van der Waals surface area contributed by atoms with E-state index in [1.807, 2.05) is 19.9 Å². The van der Waals surface area contributed by atoms with Gasteiger partial charge in [-0.05, 0) is 43.9 Å². The Labute approximate surface area is 121 Å². The van der Waals surface area contributed by atoms with Gasteiger partial charge in [-0.1, -0.05) is 31.5 Å². The minimum absolute atomic E-state index is 0.799. The molecule has 1 saturated carbocycles. The van der Waals surface area contributed by atoms with Gasteiger partial charge in [0, 0.05) is 24.6 Å². The molecule has 1 fully saturated rings. The Bertz CT molecular complexity index is 504. The molecule has 1 aromatic carbocycles. The third-order valence-electron chi connectivity index (χ3n) is 3.28. The van der Waals surface area contributed by atoms with Crippen molar-refractivity contribution in [1.29, 1.82) is 0 Å². The van der Waals surface area contributed by atoms with Gasteiger partial charge in [-0.2, -0.15) is 0 Å². The lowest BCUT2D eigenvalue weighted by molar-refractivity contribution is 0.792. The number of hydrogen-bond donors (Lipinski definition) is 0. The fourth-order valence-electron chi connectivity index (χ4n) is 2.02. The monoisotopic (exact) mass is 269 g/mol. The first kappa shape index (κ1) is 14.5. The first-order valence-electron chi connectivity index (χ1n) is 7.44. The number of nitrogens with zero attached hydrogens (tertiary/aromatic N) is 3. The van der Waals surface area contributed by atoms with Gasteiger partial charge in [-0.15, -0.1) is 0 Å². The van der Waals surface area contributed by atoms with Crippen LogP contribution in [0.2, 0.25) is 0 Å². The maximum Gasteiger partial charge on any atom is 0.229 e. The quantitative estimate of drug-likeness (QED) is 0.825.